The minimum atomic E-state index is -1.37. The molecular formula is C22H28O7S. The first-order valence-corrected chi connectivity index (χ1v) is 12.1. The highest BCUT2D eigenvalue weighted by atomic mass is 32.2. The Morgan fingerprint density at radius 1 is 1.20 bits per heavy atom. The van der Waals surface area contributed by atoms with Crippen molar-refractivity contribution in [2.45, 2.75) is 66.2 Å². The molecule has 10 atom stereocenters. The summed E-state index contributed by atoms with van der Waals surface area (Å²) in [7, 11) is 1.90. The third kappa shape index (κ3) is 2.02. The summed E-state index contributed by atoms with van der Waals surface area (Å²) in [5.41, 5.74) is -1.59. The van der Waals surface area contributed by atoms with Gasteiger partial charge in [-0.25, -0.2) is 0 Å². The molecule has 7 rings (SSSR count). The Labute approximate surface area is 178 Å². The van der Waals surface area contributed by atoms with Gasteiger partial charge in [-0.15, -0.1) is 0 Å². The van der Waals surface area contributed by atoms with E-state index in [0.29, 0.717) is 25.0 Å². The summed E-state index contributed by atoms with van der Waals surface area (Å²) >= 11 is 0. The van der Waals surface area contributed by atoms with Crippen LogP contribution >= 0.6 is 0 Å². The van der Waals surface area contributed by atoms with Gasteiger partial charge >= 0.3 is 0 Å². The number of benzene rings is 1. The molecule has 1 aromatic rings. The van der Waals surface area contributed by atoms with Crippen molar-refractivity contribution in [3.05, 3.63) is 29.3 Å². The standard InChI is InChI=1S/C22H28O7S/c1-19(23)9-20-8-13(30(4)25)22(24)15-16(28-21(10-19,27-3)17(15)20)11-6-5-7-12(26-2)14(11)18(22)29-20/h5-7,13,15-18,23-24H,8-10H2,1-4H3/t13-,15-,16+,17+,18?,19-,20+,21-,22-,30?/m1/s1. The highest BCUT2D eigenvalue weighted by Crippen LogP contribution is 2.76. The van der Waals surface area contributed by atoms with Crippen molar-refractivity contribution in [3.63, 3.8) is 0 Å². The summed E-state index contributed by atoms with van der Waals surface area (Å²) in [4.78, 5) is 0. The third-order valence-corrected chi connectivity index (χ3v) is 9.69. The van der Waals surface area contributed by atoms with Crippen LogP contribution in [0.3, 0.4) is 0 Å². The molecule has 4 bridgehead atoms. The highest BCUT2D eigenvalue weighted by Gasteiger charge is 2.83. The van der Waals surface area contributed by atoms with Crippen molar-refractivity contribution < 1.29 is 33.4 Å². The normalized spacial score (nSPS) is 53.3. The summed E-state index contributed by atoms with van der Waals surface area (Å²) in [6, 6.07) is 5.74. The summed E-state index contributed by atoms with van der Waals surface area (Å²) in [6.07, 6.45) is 1.56. The minimum Gasteiger partial charge on any atom is -0.496 e. The van der Waals surface area contributed by atoms with Crippen LogP contribution in [0.1, 0.15) is 49.5 Å². The number of hydrogen-bond donors (Lipinski definition) is 2. The van der Waals surface area contributed by atoms with Crippen molar-refractivity contribution in [3.8, 4) is 5.75 Å². The van der Waals surface area contributed by atoms with E-state index in [-0.39, 0.29) is 11.8 Å². The summed E-state index contributed by atoms with van der Waals surface area (Å²) in [5, 5.41) is 23.0. The maximum Gasteiger partial charge on any atom is 0.177 e. The first-order chi connectivity index (χ1) is 14.1. The predicted molar refractivity (Wildman–Crippen MR) is 107 cm³/mol. The lowest BCUT2D eigenvalue weighted by atomic mass is 9.47. The van der Waals surface area contributed by atoms with E-state index in [1.165, 1.54) is 0 Å². The Kier molecular flexibility index (Phi) is 3.70. The van der Waals surface area contributed by atoms with E-state index in [1.807, 2.05) is 18.2 Å². The quantitative estimate of drug-likeness (QED) is 0.743. The molecule has 1 spiro atoms. The van der Waals surface area contributed by atoms with Crippen molar-refractivity contribution in [2.24, 2.45) is 11.8 Å². The summed E-state index contributed by atoms with van der Waals surface area (Å²) in [5.74, 6) is -1.06. The van der Waals surface area contributed by atoms with Crippen LogP contribution < -0.4 is 4.74 Å². The highest BCUT2D eigenvalue weighted by molar-refractivity contribution is 7.85. The fourth-order valence-electron chi connectivity index (χ4n) is 7.72. The maximum absolute atomic E-state index is 12.9. The molecule has 30 heavy (non-hydrogen) atoms. The molecule has 2 N–H and O–H groups in total. The molecule has 6 aliphatic rings. The number of ether oxygens (including phenoxy) is 4. The zero-order valence-corrected chi connectivity index (χ0v) is 18.4. The number of fused-ring (bicyclic) bond motifs is 3. The third-order valence-electron chi connectivity index (χ3n) is 8.35. The molecule has 1 aromatic carbocycles. The minimum absolute atomic E-state index is 0.263. The van der Waals surface area contributed by atoms with Gasteiger partial charge in [0.1, 0.15) is 17.5 Å². The van der Waals surface area contributed by atoms with Crippen LogP contribution in [0.2, 0.25) is 0 Å². The van der Waals surface area contributed by atoms with Crippen molar-refractivity contribution in [1.29, 1.82) is 0 Å². The van der Waals surface area contributed by atoms with Crippen LogP contribution in [0.4, 0.5) is 0 Å². The molecule has 2 saturated carbocycles. The van der Waals surface area contributed by atoms with Gasteiger partial charge in [0.05, 0.1) is 35.6 Å². The molecule has 3 saturated heterocycles. The van der Waals surface area contributed by atoms with Gasteiger partial charge in [-0.1, -0.05) is 12.1 Å². The Balaban J connectivity index is 1.69. The Morgan fingerprint density at radius 2 is 1.97 bits per heavy atom. The molecule has 5 fully saturated rings. The van der Waals surface area contributed by atoms with E-state index in [1.54, 1.807) is 27.4 Å². The molecular weight excluding hydrogens is 408 g/mol. The number of methoxy groups -OCH3 is 2. The van der Waals surface area contributed by atoms with Gasteiger partial charge in [-0.2, -0.15) is 0 Å². The second-order valence-electron chi connectivity index (χ2n) is 10.0. The number of aliphatic hydroxyl groups is 2. The molecule has 0 amide bonds. The molecule has 3 aliphatic heterocycles. The Morgan fingerprint density at radius 3 is 2.63 bits per heavy atom. The van der Waals surface area contributed by atoms with Gasteiger partial charge in [0.25, 0.3) is 0 Å². The molecule has 2 unspecified atom stereocenters. The van der Waals surface area contributed by atoms with Crippen molar-refractivity contribution in [2.75, 3.05) is 20.5 Å². The molecule has 3 aliphatic carbocycles. The summed E-state index contributed by atoms with van der Waals surface area (Å²) < 4.78 is 38.0. The topological polar surface area (TPSA) is 94.5 Å². The van der Waals surface area contributed by atoms with Crippen LogP contribution in [0.15, 0.2) is 18.2 Å². The average molecular weight is 437 g/mol. The van der Waals surface area contributed by atoms with Crippen molar-refractivity contribution >= 4 is 10.8 Å². The lowest BCUT2D eigenvalue weighted by Gasteiger charge is -2.69. The van der Waals surface area contributed by atoms with Crippen LogP contribution in [0, 0.1) is 11.8 Å². The molecule has 164 valence electrons. The Hall–Kier alpha value is -1.03. The summed E-state index contributed by atoms with van der Waals surface area (Å²) in [6.45, 7) is 1.78. The van der Waals surface area contributed by atoms with Gasteiger partial charge in [0.2, 0.25) is 0 Å². The molecule has 0 aromatic heterocycles. The van der Waals surface area contributed by atoms with E-state index in [2.05, 4.69) is 0 Å². The predicted octanol–water partition coefficient (Wildman–Crippen LogP) is 1.59. The van der Waals surface area contributed by atoms with E-state index in [0.717, 1.165) is 11.1 Å². The Bertz CT molecular complexity index is 965. The first-order valence-electron chi connectivity index (χ1n) is 10.5. The zero-order chi connectivity index (χ0) is 21.3. The zero-order valence-electron chi connectivity index (χ0n) is 17.6. The fraction of sp³-hybridized carbons (Fsp3) is 0.727. The van der Waals surface area contributed by atoms with Crippen LogP contribution in [0.25, 0.3) is 0 Å². The van der Waals surface area contributed by atoms with Crippen LogP contribution in [0.5, 0.6) is 5.75 Å². The van der Waals surface area contributed by atoms with Crippen molar-refractivity contribution in [1.82, 2.24) is 0 Å². The van der Waals surface area contributed by atoms with Gasteiger partial charge in [0, 0.05) is 48.5 Å². The van der Waals surface area contributed by atoms with Gasteiger partial charge in [-0.3, -0.25) is 4.21 Å². The van der Waals surface area contributed by atoms with E-state index >= 15 is 0 Å². The van der Waals surface area contributed by atoms with E-state index in [9.17, 15) is 14.4 Å². The van der Waals surface area contributed by atoms with Gasteiger partial charge < -0.3 is 29.2 Å². The van der Waals surface area contributed by atoms with Crippen LogP contribution in [-0.2, 0) is 25.0 Å². The van der Waals surface area contributed by atoms with E-state index in [4.69, 9.17) is 18.9 Å². The smallest absolute Gasteiger partial charge is 0.177 e. The second-order valence-corrected chi connectivity index (χ2v) is 11.6. The maximum atomic E-state index is 12.9. The largest absolute Gasteiger partial charge is 0.496 e. The lowest BCUT2D eigenvalue weighted by Crippen LogP contribution is -2.79. The van der Waals surface area contributed by atoms with E-state index < -0.39 is 50.8 Å². The molecule has 3 heterocycles. The van der Waals surface area contributed by atoms with Crippen LogP contribution in [-0.4, -0.2) is 62.7 Å². The second kappa shape index (κ2) is 5.66. The fourth-order valence-corrected chi connectivity index (χ4v) is 9.05. The van der Waals surface area contributed by atoms with Gasteiger partial charge in [-0.05, 0) is 25.0 Å². The SMILES string of the molecule is COc1cccc2c1C1O[C@@]34C[C@@H](S(C)=O)[C@@]1(O)[C@@H]1[C@H]2O[C@](OC)(C[C@](C)(O)C3)[C@@H]14. The average Bonchev–Trinajstić information content (AvgIpc) is 3.05. The molecule has 0 radical (unpaired) electrons. The lowest BCUT2D eigenvalue weighted by molar-refractivity contribution is -0.373. The number of hydrogen-bond acceptors (Lipinski definition) is 7. The molecule has 7 nitrogen and oxygen atoms in total. The monoisotopic (exact) mass is 436 g/mol. The van der Waals surface area contributed by atoms with Gasteiger partial charge in [0.15, 0.2) is 5.79 Å². The number of rotatable bonds is 3. The molecule has 8 heteroatoms. The first kappa shape index (κ1) is 19.6.